The molecule has 0 aromatic heterocycles. The zero-order valence-electron chi connectivity index (χ0n) is 14.7. The molecule has 1 unspecified atom stereocenters. The largest absolute Gasteiger partial charge is 0.370 e. The van der Waals surface area contributed by atoms with Crippen LogP contribution in [0.2, 0.25) is 0 Å². The minimum absolute atomic E-state index is 0.0629. The minimum Gasteiger partial charge on any atom is -0.370 e. The van der Waals surface area contributed by atoms with Crippen LogP contribution in [0, 0.1) is 0 Å². The lowest BCUT2D eigenvalue weighted by atomic mass is 9.88. The molecule has 0 radical (unpaired) electrons. The summed E-state index contributed by atoms with van der Waals surface area (Å²) < 4.78 is 0. The summed E-state index contributed by atoms with van der Waals surface area (Å²) in [7, 11) is 0. The molecule has 0 bridgehead atoms. The molecule has 4 rings (SSSR count). The number of nitrogens with zero attached hydrogens (tertiary/aromatic N) is 1. The van der Waals surface area contributed by atoms with Crippen LogP contribution in [0.1, 0.15) is 27.5 Å². The van der Waals surface area contributed by atoms with Gasteiger partial charge in [0, 0.05) is 5.56 Å². The number of hydrogen-bond acceptors (Lipinski definition) is 4. The maximum Gasteiger partial charge on any atom is 0.194 e. The molecule has 3 aromatic carbocycles. The number of guanidine groups is 1. The zero-order chi connectivity index (χ0) is 18.6. The Kier molecular flexibility index (Phi) is 4.54. The molecule has 1 atom stereocenters. The van der Waals surface area contributed by atoms with Crippen molar-refractivity contribution in [2.45, 2.75) is 6.04 Å². The monoisotopic (exact) mass is 353 g/mol. The number of rotatable bonds is 4. The van der Waals surface area contributed by atoms with Crippen molar-refractivity contribution in [1.29, 1.82) is 0 Å². The van der Waals surface area contributed by atoms with Gasteiger partial charge in [-0.3, -0.25) is 4.79 Å². The predicted octanol–water partition coefficient (Wildman–Crippen LogP) is 3.94. The smallest absolute Gasteiger partial charge is 0.194 e. The molecule has 3 N–H and O–H groups in total. The van der Waals surface area contributed by atoms with E-state index in [-0.39, 0.29) is 5.78 Å². The standard InChI is InChI=1S/C23H19N3O/c24-23-25-20(16-10-4-1-5-11-16)19(22(27)18-14-8-3-9-15-18)21(26-23)17-12-6-2-7-13-17/h1-15,20H,(H3,24,25,26). The third-order valence-electron chi connectivity index (χ3n) is 4.52. The molecule has 0 aliphatic carbocycles. The molecule has 4 nitrogen and oxygen atoms in total. The molecule has 1 heterocycles. The van der Waals surface area contributed by atoms with Gasteiger partial charge in [0.05, 0.1) is 11.3 Å². The van der Waals surface area contributed by atoms with Gasteiger partial charge in [-0.1, -0.05) is 91.0 Å². The lowest BCUT2D eigenvalue weighted by Crippen LogP contribution is -2.37. The highest BCUT2D eigenvalue weighted by Crippen LogP contribution is 2.35. The van der Waals surface area contributed by atoms with Crippen LogP contribution in [0.4, 0.5) is 0 Å². The van der Waals surface area contributed by atoms with Crippen molar-refractivity contribution in [2.24, 2.45) is 10.7 Å². The fourth-order valence-electron chi connectivity index (χ4n) is 3.26. The van der Waals surface area contributed by atoms with Crippen molar-refractivity contribution in [3.05, 3.63) is 113 Å². The summed E-state index contributed by atoms with van der Waals surface area (Å²) in [6.45, 7) is 0. The maximum atomic E-state index is 13.5. The fraction of sp³-hybridized carbons (Fsp3) is 0.0435. The van der Waals surface area contributed by atoms with Crippen molar-refractivity contribution in [3.63, 3.8) is 0 Å². The Morgan fingerprint density at radius 2 is 1.37 bits per heavy atom. The summed E-state index contributed by atoms with van der Waals surface area (Å²) in [5.41, 5.74) is 9.82. The van der Waals surface area contributed by atoms with Crippen LogP contribution in [-0.4, -0.2) is 11.7 Å². The number of nitrogens with two attached hydrogens (primary N) is 1. The normalized spacial score (nSPS) is 16.4. The van der Waals surface area contributed by atoms with Crippen LogP contribution in [-0.2, 0) is 0 Å². The van der Waals surface area contributed by atoms with E-state index >= 15 is 0 Å². The zero-order valence-corrected chi connectivity index (χ0v) is 14.7. The molecule has 0 saturated carbocycles. The highest BCUT2D eigenvalue weighted by Gasteiger charge is 2.31. The van der Waals surface area contributed by atoms with E-state index in [4.69, 9.17) is 5.73 Å². The summed E-state index contributed by atoms with van der Waals surface area (Å²) in [6.07, 6.45) is 0. The molecule has 1 aliphatic heterocycles. The molecular formula is C23H19N3O. The molecule has 4 heteroatoms. The van der Waals surface area contributed by atoms with Gasteiger partial charge in [0.2, 0.25) is 0 Å². The molecule has 0 fully saturated rings. The van der Waals surface area contributed by atoms with E-state index in [1.54, 1.807) is 0 Å². The van der Waals surface area contributed by atoms with E-state index in [1.807, 2.05) is 91.0 Å². The van der Waals surface area contributed by atoms with Crippen molar-refractivity contribution in [3.8, 4) is 0 Å². The number of aliphatic imine (C=N–C) groups is 1. The number of ketones is 1. The van der Waals surface area contributed by atoms with E-state index in [1.165, 1.54) is 0 Å². The number of benzene rings is 3. The summed E-state index contributed by atoms with van der Waals surface area (Å²) in [6, 6.07) is 28.3. The highest BCUT2D eigenvalue weighted by molar-refractivity contribution is 6.16. The Labute approximate surface area is 158 Å². The van der Waals surface area contributed by atoms with Crippen molar-refractivity contribution >= 4 is 17.4 Å². The lowest BCUT2D eigenvalue weighted by molar-refractivity contribution is 0.102. The predicted molar refractivity (Wildman–Crippen MR) is 108 cm³/mol. The number of nitrogens with one attached hydrogen (secondary N) is 1. The molecule has 1 aliphatic rings. The summed E-state index contributed by atoms with van der Waals surface area (Å²) in [4.78, 5) is 18.0. The molecule has 3 aromatic rings. The Bertz CT molecular complexity index is 1010. The first-order chi connectivity index (χ1) is 13.2. The van der Waals surface area contributed by atoms with E-state index in [2.05, 4.69) is 10.3 Å². The van der Waals surface area contributed by atoms with E-state index < -0.39 is 6.04 Å². The van der Waals surface area contributed by atoms with Crippen molar-refractivity contribution in [1.82, 2.24) is 5.32 Å². The van der Waals surface area contributed by atoms with Crippen LogP contribution < -0.4 is 11.1 Å². The van der Waals surface area contributed by atoms with Gasteiger partial charge in [-0.25, -0.2) is 4.99 Å². The summed E-state index contributed by atoms with van der Waals surface area (Å²) >= 11 is 0. The SMILES string of the molecule is NC1=NC(c2ccccc2)C(C(=O)c2ccccc2)=C(c2ccccc2)N1. The molecule has 27 heavy (non-hydrogen) atoms. The molecular weight excluding hydrogens is 334 g/mol. The van der Waals surface area contributed by atoms with Gasteiger partial charge >= 0.3 is 0 Å². The van der Waals surface area contributed by atoms with Crippen LogP contribution in [0.3, 0.4) is 0 Å². The third-order valence-corrected chi connectivity index (χ3v) is 4.52. The Morgan fingerprint density at radius 1 is 0.815 bits per heavy atom. The number of Topliss-reactive ketones (excluding diaryl/α,β-unsaturated/α-hetero) is 1. The first-order valence-corrected chi connectivity index (χ1v) is 8.78. The number of carbonyl (C=O) groups is 1. The van der Waals surface area contributed by atoms with Gasteiger partial charge in [0.25, 0.3) is 0 Å². The Morgan fingerprint density at radius 3 is 2.00 bits per heavy atom. The second-order valence-corrected chi connectivity index (χ2v) is 6.30. The first kappa shape index (κ1) is 16.8. The fourth-order valence-corrected chi connectivity index (χ4v) is 3.26. The van der Waals surface area contributed by atoms with Gasteiger partial charge in [0.15, 0.2) is 11.7 Å². The molecule has 0 spiro atoms. The van der Waals surface area contributed by atoms with Crippen molar-refractivity contribution in [2.75, 3.05) is 0 Å². The van der Waals surface area contributed by atoms with Crippen LogP contribution in [0.5, 0.6) is 0 Å². The van der Waals surface area contributed by atoms with Gasteiger partial charge in [-0.15, -0.1) is 0 Å². The van der Waals surface area contributed by atoms with E-state index in [9.17, 15) is 4.79 Å². The molecule has 0 amide bonds. The van der Waals surface area contributed by atoms with Gasteiger partial charge in [-0.05, 0) is 11.1 Å². The number of carbonyl (C=O) groups excluding carboxylic acids is 1. The first-order valence-electron chi connectivity index (χ1n) is 8.78. The van der Waals surface area contributed by atoms with Crippen molar-refractivity contribution < 1.29 is 4.79 Å². The van der Waals surface area contributed by atoms with Crippen LogP contribution in [0.25, 0.3) is 5.70 Å². The van der Waals surface area contributed by atoms with E-state index in [0.29, 0.717) is 22.8 Å². The Balaban J connectivity index is 1.93. The van der Waals surface area contributed by atoms with Gasteiger partial charge in [-0.2, -0.15) is 0 Å². The topological polar surface area (TPSA) is 67.5 Å². The van der Waals surface area contributed by atoms with Gasteiger partial charge in [0.1, 0.15) is 6.04 Å². The Hall–Kier alpha value is -3.66. The molecule has 0 saturated heterocycles. The maximum absolute atomic E-state index is 13.5. The average molecular weight is 353 g/mol. The summed E-state index contributed by atoms with van der Waals surface area (Å²) in [5, 5.41) is 3.12. The van der Waals surface area contributed by atoms with Crippen LogP contribution in [0.15, 0.2) is 102 Å². The van der Waals surface area contributed by atoms with Crippen LogP contribution >= 0.6 is 0 Å². The lowest BCUT2D eigenvalue weighted by Gasteiger charge is -2.27. The van der Waals surface area contributed by atoms with Gasteiger partial charge < -0.3 is 11.1 Å². The second-order valence-electron chi connectivity index (χ2n) is 6.30. The van der Waals surface area contributed by atoms with E-state index in [0.717, 1.165) is 11.1 Å². The third kappa shape index (κ3) is 3.37. The number of hydrogen-bond donors (Lipinski definition) is 2. The second kappa shape index (κ2) is 7.30. The quantitative estimate of drug-likeness (QED) is 0.698. The summed E-state index contributed by atoms with van der Waals surface area (Å²) in [5.74, 6) is 0.236. The average Bonchev–Trinajstić information content (AvgIpc) is 2.74. The minimum atomic E-state index is -0.463. The highest BCUT2D eigenvalue weighted by atomic mass is 16.1. The molecule has 132 valence electrons.